The van der Waals surface area contributed by atoms with Crippen molar-refractivity contribution in [1.29, 1.82) is 5.26 Å². The highest BCUT2D eigenvalue weighted by atomic mass is 32.1. The zero-order valence-electron chi connectivity index (χ0n) is 5.20. The van der Waals surface area contributed by atoms with Crippen LogP contribution in [-0.4, -0.2) is 6.29 Å². The van der Waals surface area contributed by atoms with Crippen molar-refractivity contribution in [2.75, 3.05) is 0 Å². The first-order valence-corrected chi connectivity index (χ1v) is 3.65. The van der Waals surface area contributed by atoms with Crippen LogP contribution in [0.3, 0.4) is 0 Å². The maximum Gasteiger partial charge on any atom is 0.151 e. The predicted molar refractivity (Wildman–Crippen MR) is 39.0 cm³/mol. The Balaban J connectivity index is 2.92. The summed E-state index contributed by atoms with van der Waals surface area (Å²) in [5, 5.41) is 10.1. The van der Waals surface area contributed by atoms with Crippen LogP contribution >= 0.6 is 11.3 Å². The van der Waals surface area contributed by atoms with Crippen molar-refractivity contribution < 1.29 is 4.79 Å². The number of hydrogen-bond donors (Lipinski definition) is 0. The summed E-state index contributed by atoms with van der Waals surface area (Å²) >= 11 is 1.44. The molecule has 0 N–H and O–H groups in total. The first kappa shape index (κ1) is 6.97. The second-order valence-corrected chi connectivity index (χ2v) is 2.75. The Labute approximate surface area is 62.7 Å². The van der Waals surface area contributed by atoms with Crippen molar-refractivity contribution in [3.63, 3.8) is 0 Å². The summed E-state index contributed by atoms with van der Waals surface area (Å²) < 4.78 is 0. The van der Waals surface area contributed by atoms with Crippen LogP contribution in [0.25, 0.3) is 0 Å². The van der Waals surface area contributed by atoms with Crippen molar-refractivity contribution in [2.45, 2.75) is 6.42 Å². The van der Waals surface area contributed by atoms with E-state index in [9.17, 15) is 4.79 Å². The molecule has 0 aliphatic heterocycles. The van der Waals surface area contributed by atoms with Crippen LogP contribution in [0.1, 0.15) is 15.2 Å². The number of nitrogens with zero attached hydrogens (tertiary/aromatic N) is 1. The standard InChI is InChI=1S/C7H5NOS/c8-3-1-7-6(5-9)2-4-10-7/h2,4-5H,1H2. The van der Waals surface area contributed by atoms with Gasteiger partial charge in [-0.25, -0.2) is 0 Å². The third-order valence-corrected chi connectivity index (χ3v) is 2.08. The van der Waals surface area contributed by atoms with E-state index in [1.165, 1.54) is 11.3 Å². The monoisotopic (exact) mass is 151 g/mol. The molecule has 0 atom stereocenters. The van der Waals surface area contributed by atoms with Gasteiger partial charge < -0.3 is 0 Å². The lowest BCUT2D eigenvalue weighted by molar-refractivity contribution is 0.112. The topological polar surface area (TPSA) is 40.9 Å². The quantitative estimate of drug-likeness (QED) is 0.603. The fourth-order valence-corrected chi connectivity index (χ4v) is 1.45. The van der Waals surface area contributed by atoms with Crippen molar-refractivity contribution in [3.8, 4) is 6.07 Å². The Morgan fingerprint density at radius 2 is 2.60 bits per heavy atom. The smallest absolute Gasteiger partial charge is 0.151 e. The van der Waals surface area contributed by atoms with Crippen molar-refractivity contribution in [3.05, 3.63) is 21.9 Å². The third-order valence-electron chi connectivity index (χ3n) is 1.15. The van der Waals surface area contributed by atoms with Gasteiger partial charge in [0.05, 0.1) is 12.5 Å². The molecule has 0 aliphatic rings. The van der Waals surface area contributed by atoms with Crippen molar-refractivity contribution in [2.24, 2.45) is 0 Å². The molecular formula is C7H5NOS. The van der Waals surface area contributed by atoms with Crippen molar-refractivity contribution >= 4 is 17.6 Å². The minimum atomic E-state index is 0.339. The Morgan fingerprint density at radius 3 is 3.20 bits per heavy atom. The summed E-state index contributed by atoms with van der Waals surface area (Å²) in [7, 11) is 0. The van der Waals surface area contributed by atoms with Crippen LogP contribution in [0.5, 0.6) is 0 Å². The molecule has 0 saturated heterocycles. The van der Waals surface area contributed by atoms with Gasteiger partial charge in [0.15, 0.2) is 6.29 Å². The normalized spacial score (nSPS) is 8.70. The van der Waals surface area contributed by atoms with Crippen LogP contribution < -0.4 is 0 Å². The third kappa shape index (κ3) is 1.23. The van der Waals surface area contributed by atoms with E-state index in [-0.39, 0.29) is 0 Å². The van der Waals surface area contributed by atoms with E-state index in [0.29, 0.717) is 12.0 Å². The van der Waals surface area contributed by atoms with Gasteiger partial charge >= 0.3 is 0 Å². The average Bonchev–Trinajstić information content (AvgIpc) is 2.36. The Bertz CT molecular complexity index is 271. The lowest BCUT2D eigenvalue weighted by atomic mass is 10.2. The van der Waals surface area contributed by atoms with Gasteiger partial charge in [-0.05, 0) is 11.4 Å². The second kappa shape index (κ2) is 3.14. The maximum absolute atomic E-state index is 10.3. The predicted octanol–water partition coefficient (Wildman–Crippen LogP) is 1.63. The molecule has 10 heavy (non-hydrogen) atoms. The number of carbonyl (C=O) groups excluding carboxylic acids is 1. The molecule has 0 bridgehead atoms. The van der Waals surface area contributed by atoms with Gasteiger partial charge in [-0.15, -0.1) is 11.3 Å². The van der Waals surface area contributed by atoms with Gasteiger partial charge in [-0.2, -0.15) is 5.26 Å². The van der Waals surface area contributed by atoms with Gasteiger partial charge in [0.2, 0.25) is 0 Å². The van der Waals surface area contributed by atoms with E-state index in [2.05, 4.69) is 0 Å². The SMILES string of the molecule is N#CCc1sccc1C=O. The molecule has 0 saturated carbocycles. The molecule has 0 spiro atoms. The molecule has 1 aromatic rings. The molecule has 1 rings (SSSR count). The summed E-state index contributed by atoms with van der Waals surface area (Å²) in [6.45, 7) is 0. The first-order valence-electron chi connectivity index (χ1n) is 2.77. The fraction of sp³-hybridized carbons (Fsp3) is 0.143. The molecule has 50 valence electrons. The molecule has 0 fully saturated rings. The minimum Gasteiger partial charge on any atom is -0.298 e. The first-order chi connectivity index (χ1) is 4.88. The molecular weight excluding hydrogens is 146 g/mol. The molecule has 1 aromatic heterocycles. The maximum atomic E-state index is 10.3. The van der Waals surface area contributed by atoms with Gasteiger partial charge in [-0.3, -0.25) is 4.79 Å². The number of hydrogen-bond acceptors (Lipinski definition) is 3. The summed E-state index contributed by atoms with van der Waals surface area (Å²) in [6.07, 6.45) is 1.12. The van der Waals surface area contributed by atoms with E-state index >= 15 is 0 Å². The van der Waals surface area contributed by atoms with Crippen LogP contribution in [-0.2, 0) is 6.42 Å². The van der Waals surface area contributed by atoms with E-state index in [4.69, 9.17) is 5.26 Å². The number of aldehydes is 1. The molecule has 3 heteroatoms. The van der Waals surface area contributed by atoms with Gasteiger partial charge in [-0.1, -0.05) is 0 Å². The average molecular weight is 151 g/mol. The van der Waals surface area contributed by atoms with Crippen molar-refractivity contribution in [1.82, 2.24) is 0 Å². The highest BCUT2D eigenvalue weighted by Crippen LogP contribution is 2.14. The fourth-order valence-electron chi connectivity index (χ4n) is 0.671. The van der Waals surface area contributed by atoms with E-state index in [0.717, 1.165) is 11.2 Å². The molecule has 2 nitrogen and oxygen atoms in total. The lowest BCUT2D eigenvalue weighted by Gasteiger charge is -1.85. The summed E-state index contributed by atoms with van der Waals surface area (Å²) in [5.74, 6) is 0. The van der Waals surface area contributed by atoms with Gasteiger partial charge in [0, 0.05) is 10.4 Å². The number of rotatable bonds is 2. The Hall–Kier alpha value is -1.14. The van der Waals surface area contributed by atoms with Gasteiger partial charge in [0.25, 0.3) is 0 Å². The largest absolute Gasteiger partial charge is 0.298 e. The number of carbonyl (C=O) groups is 1. The van der Waals surface area contributed by atoms with Crippen LogP contribution in [0, 0.1) is 11.3 Å². The molecule has 0 amide bonds. The van der Waals surface area contributed by atoms with Crippen LogP contribution in [0.4, 0.5) is 0 Å². The minimum absolute atomic E-state index is 0.339. The zero-order chi connectivity index (χ0) is 7.40. The Morgan fingerprint density at radius 1 is 1.80 bits per heavy atom. The number of nitriles is 1. The van der Waals surface area contributed by atoms with E-state index in [1.807, 2.05) is 11.4 Å². The molecule has 0 aliphatic carbocycles. The summed E-state index contributed by atoms with van der Waals surface area (Å²) in [4.78, 5) is 11.1. The zero-order valence-corrected chi connectivity index (χ0v) is 6.02. The number of thiophene rings is 1. The van der Waals surface area contributed by atoms with Crippen LogP contribution in [0.2, 0.25) is 0 Å². The second-order valence-electron chi connectivity index (χ2n) is 1.75. The highest BCUT2D eigenvalue weighted by molar-refractivity contribution is 7.10. The molecule has 0 radical (unpaired) electrons. The highest BCUT2D eigenvalue weighted by Gasteiger charge is 2.00. The summed E-state index contributed by atoms with van der Waals surface area (Å²) in [6, 6.07) is 3.72. The van der Waals surface area contributed by atoms with E-state index < -0.39 is 0 Å². The Kier molecular flexibility index (Phi) is 2.19. The molecule has 0 aromatic carbocycles. The molecule has 1 heterocycles. The van der Waals surface area contributed by atoms with Crippen LogP contribution in [0.15, 0.2) is 11.4 Å². The van der Waals surface area contributed by atoms with Gasteiger partial charge in [0.1, 0.15) is 0 Å². The molecule has 0 unspecified atom stereocenters. The summed E-state index contributed by atoms with van der Waals surface area (Å²) in [5.41, 5.74) is 0.645. The van der Waals surface area contributed by atoms with E-state index in [1.54, 1.807) is 6.07 Å². The lowest BCUT2D eigenvalue weighted by Crippen LogP contribution is -1.81.